The van der Waals surface area contributed by atoms with Crippen LogP contribution in [0.4, 0.5) is 10.9 Å². The molecular formula is C33H29N7O4S2. The lowest BCUT2D eigenvalue weighted by Crippen LogP contribution is -2.31. The Labute approximate surface area is 273 Å². The van der Waals surface area contributed by atoms with Crippen molar-refractivity contribution in [3.8, 4) is 5.82 Å². The Balaban J connectivity index is 1.33. The molecule has 3 aromatic heterocycles. The van der Waals surface area contributed by atoms with Gasteiger partial charge in [-0.3, -0.25) is 19.1 Å². The lowest BCUT2D eigenvalue weighted by molar-refractivity contribution is -0.136. The summed E-state index contributed by atoms with van der Waals surface area (Å²) in [6.45, 7) is 4.04. The molecule has 1 aliphatic rings. The number of aromatic amines is 1. The van der Waals surface area contributed by atoms with Crippen LogP contribution in [-0.4, -0.2) is 55.1 Å². The molecule has 0 bridgehead atoms. The molecule has 2 aromatic carbocycles. The fraction of sp³-hybridized carbons (Fsp3) is 0.182. The summed E-state index contributed by atoms with van der Waals surface area (Å²) >= 11 is 6.91. The molecule has 13 heteroatoms. The predicted molar refractivity (Wildman–Crippen MR) is 180 cm³/mol. The van der Waals surface area contributed by atoms with E-state index >= 15 is 0 Å². The molecule has 46 heavy (non-hydrogen) atoms. The highest BCUT2D eigenvalue weighted by molar-refractivity contribution is 7.71. The third kappa shape index (κ3) is 6.41. The number of rotatable bonds is 8. The molecule has 0 saturated carbocycles. The maximum absolute atomic E-state index is 13.3. The molecule has 6 rings (SSSR count). The van der Waals surface area contributed by atoms with Crippen molar-refractivity contribution in [1.29, 1.82) is 0 Å². The Kier molecular flexibility index (Phi) is 8.43. The predicted octanol–water partition coefficient (Wildman–Crippen LogP) is 5.12. The Morgan fingerprint density at radius 1 is 1.04 bits per heavy atom. The minimum Gasteiger partial charge on any atom is -0.481 e. The van der Waals surface area contributed by atoms with E-state index in [1.54, 1.807) is 29.6 Å². The number of nitrogens with zero attached hydrogens (tertiary/aromatic N) is 5. The van der Waals surface area contributed by atoms with Gasteiger partial charge in [0.2, 0.25) is 5.91 Å². The van der Waals surface area contributed by atoms with E-state index in [1.165, 1.54) is 10.9 Å². The van der Waals surface area contributed by atoms with Crippen molar-refractivity contribution in [2.24, 2.45) is 0 Å². The highest BCUT2D eigenvalue weighted by atomic mass is 32.1. The molecule has 1 aliphatic carbocycles. The number of likely N-dealkylation sites (N-methyl/N-ethyl adjacent to an activating group) is 1. The average Bonchev–Trinajstić information content (AvgIpc) is 3.37. The lowest BCUT2D eigenvalue weighted by Gasteiger charge is -2.22. The molecule has 0 saturated heterocycles. The van der Waals surface area contributed by atoms with Gasteiger partial charge >= 0.3 is 11.7 Å². The van der Waals surface area contributed by atoms with Crippen molar-refractivity contribution in [3.05, 3.63) is 120 Å². The number of hydrogen-bond donors (Lipinski definition) is 3. The first-order valence-electron chi connectivity index (χ1n) is 14.3. The molecule has 3 N–H and O–H groups in total. The SMILES string of the molecule is Cc1ccc2c(c1)C=Cc1cc(C)ccc1C2c1cn(-c2cc(N(C)CC(=O)Nc3nc(CC(=O)O)cs3)ncn2)c(=O)[nH]c1=S. The summed E-state index contributed by atoms with van der Waals surface area (Å²) in [5, 5.41) is 13.5. The fourth-order valence-electron chi connectivity index (χ4n) is 5.48. The molecule has 0 fully saturated rings. The van der Waals surface area contributed by atoms with E-state index in [9.17, 15) is 14.4 Å². The Bertz CT molecular complexity index is 2090. The maximum atomic E-state index is 13.3. The minimum atomic E-state index is -1.00. The van der Waals surface area contributed by atoms with Gasteiger partial charge < -0.3 is 15.3 Å². The number of carboxylic acid groups (broad SMARTS) is 1. The van der Waals surface area contributed by atoms with E-state index in [4.69, 9.17) is 17.3 Å². The zero-order valence-electron chi connectivity index (χ0n) is 25.1. The highest BCUT2D eigenvalue weighted by Gasteiger charge is 2.26. The van der Waals surface area contributed by atoms with Gasteiger partial charge in [-0.2, -0.15) is 0 Å². The van der Waals surface area contributed by atoms with E-state index in [1.807, 2.05) is 0 Å². The number of hydrogen-bond acceptors (Lipinski definition) is 9. The highest BCUT2D eigenvalue weighted by Crippen LogP contribution is 2.40. The molecule has 0 spiro atoms. The normalized spacial score (nSPS) is 12.2. The summed E-state index contributed by atoms with van der Waals surface area (Å²) in [4.78, 5) is 54.3. The standard InChI is InChI=1S/C33H29N7O4S2/c1-18-4-8-23-20(10-18)6-7-21-11-19(2)5-9-24(21)30(23)25-14-40(33(44)38-31(25)45)27-13-26(34-17-35-27)39(3)15-28(41)37-32-36-22(16-46-32)12-29(42)43/h4-11,13-14,16-17,30H,12,15H2,1-3H3,(H,42,43)(H,36,37,41)(H,38,44,45). The number of aromatic nitrogens is 5. The number of carbonyl (C=O) groups is 2. The first-order chi connectivity index (χ1) is 22.0. The van der Waals surface area contributed by atoms with Crippen LogP contribution in [-0.2, 0) is 16.0 Å². The summed E-state index contributed by atoms with van der Waals surface area (Å²) in [5.74, 6) is -0.923. The number of thiazole rings is 1. The molecule has 5 aromatic rings. The van der Waals surface area contributed by atoms with Crippen LogP contribution in [0, 0.1) is 18.5 Å². The monoisotopic (exact) mass is 651 g/mol. The van der Waals surface area contributed by atoms with Gasteiger partial charge in [0.25, 0.3) is 0 Å². The second-order valence-corrected chi connectivity index (χ2v) is 12.4. The summed E-state index contributed by atoms with van der Waals surface area (Å²) in [6, 6.07) is 14.3. The molecule has 0 radical (unpaired) electrons. The van der Waals surface area contributed by atoms with E-state index in [-0.39, 0.29) is 24.8 Å². The number of aliphatic carboxylic acids is 1. The molecule has 11 nitrogen and oxygen atoms in total. The van der Waals surface area contributed by atoms with Gasteiger partial charge in [-0.05, 0) is 36.1 Å². The van der Waals surface area contributed by atoms with Crippen LogP contribution < -0.4 is 15.9 Å². The maximum Gasteiger partial charge on any atom is 0.332 e. The number of fused-ring (bicyclic) bond motifs is 2. The minimum absolute atomic E-state index is 0.0802. The van der Waals surface area contributed by atoms with Crippen molar-refractivity contribution in [2.45, 2.75) is 26.2 Å². The number of amides is 1. The van der Waals surface area contributed by atoms with Crippen molar-refractivity contribution in [3.63, 3.8) is 0 Å². The molecule has 0 atom stereocenters. The summed E-state index contributed by atoms with van der Waals surface area (Å²) in [7, 11) is 1.69. The van der Waals surface area contributed by atoms with Crippen LogP contribution >= 0.6 is 23.6 Å². The van der Waals surface area contributed by atoms with Gasteiger partial charge in [-0.25, -0.2) is 19.7 Å². The van der Waals surface area contributed by atoms with E-state index in [0.717, 1.165) is 50.3 Å². The third-order valence-electron chi connectivity index (χ3n) is 7.62. The number of carbonyl (C=O) groups excluding carboxylic acids is 1. The van der Waals surface area contributed by atoms with Crippen LogP contribution in [0.3, 0.4) is 0 Å². The van der Waals surface area contributed by atoms with Gasteiger partial charge in [0.15, 0.2) is 5.13 Å². The van der Waals surface area contributed by atoms with Crippen molar-refractivity contribution >= 4 is 58.5 Å². The van der Waals surface area contributed by atoms with Gasteiger partial charge in [0.1, 0.15) is 22.6 Å². The number of carboxylic acids is 1. The van der Waals surface area contributed by atoms with E-state index in [2.05, 4.69) is 87.7 Å². The molecule has 232 valence electrons. The van der Waals surface area contributed by atoms with Crippen LogP contribution in [0.5, 0.6) is 0 Å². The summed E-state index contributed by atoms with van der Waals surface area (Å²) in [6.07, 6.45) is 7.08. The van der Waals surface area contributed by atoms with Crippen molar-refractivity contribution in [1.82, 2.24) is 24.5 Å². The molecule has 0 aliphatic heterocycles. The van der Waals surface area contributed by atoms with Gasteiger partial charge in [0.05, 0.1) is 18.7 Å². The molecule has 1 amide bonds. The van der Waals surface area contributed by atoms with E-state index < -0.39 is 11.7 Å². The van der Waals surface area contributed by atoms with Crippen LogP contribution in [0.1, 0.15) is 50.6 Å². The number of nitrogens with one attached hydrogen (secondary N) is 2. The quantitative estimate of drug-likeness (QED) is 0.191. The smallest absolute Gasteiger partial charge is 0.332 e. The molecule has 3 heterocycles. The van der Waals surface area contributed by atoms with E-state index in [0.29, 0.717) is 27.1 Å². The Morgan fingerprint density at radius 3 is 2.37 bits per heavy atom. The van der Waals surface area contributed by atoms with Crippen LogP contribution in [0.2, 0.25) is 0 Å². The molecule has 0 unspecified atom stereocenters. The Hall–Kier alpha value is -5.27. The van der Waals surface area contributed by atoms with Crippen LogP contribution in [0.25, 0.3) is 18.0 Å². The largest absolute Gasteiger partial charge is 0.481 e. The number of H-pyrrole nitrogens is 1. The first-order valence-corrected chi connectivity index (χ1v) is 15.6. The second kappa shape index (κ2) is 12.6. The molecular weight excluding hydrogens is 623 g/mol. The number of aryl methyl sites for hydroxylation is 2. The van der Waals surface area contributed by atoms with Crippen molar-refractivity contribution in [2.75, 3.05) is 23.8 Å². The lowest BCUT2D eigenvalue weighted by atomic mass is 9.83. The Morgan fingerprint density at radius 2 is 1.72 bits per heavy atom. The van der Waals surface area contributed by atoms with Crippen molar-refractivity contribution < 1.29 is 14.7 Å². The third-order valence-corrected chi connectivity index (χ3v) is 8.76. The zero-order valence-corrected chi connectivity index (χ0v) is 26.8. The summed E-state index contributed by atoms with van der Waals surface area (Å²) in [5.41, 5.74) is 7.22. The first kappa shape index (κ1) is 30.7. The topological polar surface area (TPSA) is 146 Å². The zero-order chi connectivity index (χ0) is 32.5. The number of benzene rings is 2. The summed E-state index contributed by atoms with van der Waals surface area (Å²) < 4.78 is 1.74. The number of anilines is 2. The van der Waals surface area contributed by atoms with Gasteiger partial charge in [0, 0.05) is 36.2 Å². The van der Waals surface area contributed by atoms with Gasteiger partial charge in [-0.15, -0.1) is 11.3 Å². The van der Waals surface area contributed by atoms with Gasteiger partial charge in [-0.1, -0.05) is 71.9 Å². The average molecular weight is 652 g/mol. The van der Waals surface area contributed by atoms with Crippen LogP contribution in [0.15, 0.2) is 65.2 Å². The fourth-order valence-corrected chi connectivity index (χ4v) is 6.46. The second-order valence-electron chi connectivity index (χ2n) is 11.1.